The molecule has 3 N–H and O–H groups in total. The van der Waals surface area contributed by atoms with Crippen LogP contribution in [0.5, 0.6) is 0 Å². The molecule has 2 atom stereocenters. The number of rotatable bonds is 64. The van der Waals surface area contributed by atoms with E-state index in [-0.39, 0.29) is 18.5 Å². The van der Waals surface area contributed by atoms with E-state index in [1.54, 1.807) is 6.08 Å². The first-order valence-corrected chi connectivity index (χ1v) is 34.0. The van der Waals surface area contributed by atoms with E-state index >= 15 is 0 Å². The molecule has 440 valence electrons. The van der Waals surface area contributed by atoms with E-state index in [9.17, 15) is 19.8 Å². The van der Waals surface area contributed by atoms with Crippen LogP contribution in [0.4, 0.5) is 0 Å². The third kappa shape index (κ3) is 59.8. The summed E-state index contributed by atoms with van der Waals surface area (Å²) >= 11 is 0. The molecular weight excluding hydrogens is 911 g/mol. The number of unbranched alkanes of at least 4 members (excludes halogenated alkanes) is 53. The Morgan fingerprint density at radius 2 is 0.622 bits per heavy atom. The first-order chi connectivity index (χ1) is 36.5. The molecule has 0 bridgehead atoms. The van der Waals surface area contributed by atoms with Crippen LogP contribution in [0.2, 0.25) is 0 Å². The van der Waals surface area contributed by atoms with Gasteiger partial charge in [-0.25, -0.2) is 0 Å². The van der Waals surface area contributed by atoms with Crippen LogP contribution in [0.1, 0.15) is 386 Å². The number of ether oxygens (including phenoxy) is 1. The van der Waals surface area contributed by atoms with Gasteiger partial charge in [0.05, 0.1) is 25.4 Å². The lowest BCUT2D eigenvalue weighted by Crippen LogP contribution is -2.45. The Kier molecular flexibility index (Phi) is 62.9. The maximum atomic E-state index is 12.5. The number of hydrogen-bond donors (Lipinski definition) is 3. The predicted octanol–water partition coefficient (Wildman–Crippen LogP) is 21.6. The van der Waals surface area contributed by atoms with Crippen molar-refractivity contribution in [2.45, 2.75) is 398 Å². The van der Waals surface area contributed by atoms with E-state index in [4.69, 9.17) is 4.74 Å². The Bertz CT molecular complexity index is 1110. The average molecular weight is 1040 g/mol. The van der Waals surface area contributed by atoms with Gasteiger partial charge in [-0.2, -0.15) is 0 Å². The molecule has 2 unspecified atom stereocenters. The molecule has 0 spiro atoms. The number of allylic oxidation sites excluding steroid dienone is 1. The van der Waals surface area contributed by atoms with E-state index in [0.29, 0.717) is 19.4 Å². The zero-order valence-corrected chi connectivity index (χ0v) is 50.4. The molecular formula is C68H133NO5. The van der Waals surface area contributed by atoms with Crippen molar-refractivity contribution in [2.24, 2.45) is 0 Å². The highest BCUT2D eigenvalue weighted by atomic mass is 16.5. The highest BCUT2D eigenvalue weighted by Crippen LogP contribution is 2.19. The summed E-state index contributed by atoms with van der Waals surface area (Å²) in [4.78, 5) is 24.5. The molecule has 0 aliphatic heterocycles. The smallest absolute Gasteiger partial charge is 0.305 e. The van der Waals surface area contributed by atoms with Crippen LogP contribution in [-0.4, -0.2) is 47.4 Å². The summed E-state index contributed by atoms with van der Waals surface area (Å²) in [6.07, 6.45) is 78.6. The number of nitrogens with one attached hydrogen (secondary N) is 1. The minimum absolute atomic E-state index is 0.0207. The van der Waals surface area contributed by atoms with Crippen molar-refractivity contribution in [3.8, 4) is 0 Å². The van der Waals surface area contributed by atoms with Gasteiger partial charge in [0, 0.05) is 12.8 Å². The molecule has 6 nitrogen and oxygen atoms in total. The van der Waals surface area contributed by atoms with Crippen molar-refractivity contribution < 1.29 is 24.5 Å². The van der Waals surface area contributed by atoms with Crippen LogP contribution in [-0.2, 0) is 14.3 Å². The molecule has 0 radical (unpaired) electrons. The van der Waals surface area contributed by atoms with Gasteiger partial charge in [-0.1, -0.05) is 353 Å². The first kappa shape index (κ1) is 72.6. The fraction of sp³-hybridized carbons (Fsp3) is 0.941. The van der Waals surface area contributed by atoms with E-state index in [2.05, 4.69) is 19.2 Å². The fourth-order valence-electron chi connectivity index (χ4n) is 10.9. The molecule has 0 fully saturated rings. The average Bonchev–Trinajstić information content (AvgIpc) is 3.40. The van der Waals surface area contributed by atoms with Crippen LogP contribution in [0.25, 0.3) is 0 Å². The van der Waals surface area contributed by atoms with Gasteiger partial charge in [0.25, 0.3) is 0 Å². The quantitative estimate of drug-likeness (QED) is 0.0320. The lowest BCUT2D eigenvalue weighted by atomic mass is 10.0. The van der Waals surface area contributed by atoms with Crippen molar-refractivity contribution in [2.75, 3.05) is 13.2 Å². The first-order valence-electron chi connectivity index (χ1n) is 34.0. The van der Waals surface area contributed by atoms with Gasteiger partial charge >= 0.3 is 5.97 Å². The van der Waals surface area contributed by atoms with Crippen LogP contribution >= 0.6 is 0 Å². The second-order valence-corrected chi connectivity index (χ2v) is 23.5. The van der Waals surface area contributed by atoms with Crippen molar-refractivity contribution in [1.29, 1.82) is 0 Å². The summed E-state index contributed by atoms with van der Waals surface area (Å²) in [6, 6.07) is -0.623. The van der Waals surface area contributed by atoms with Gasteiger partial charge in [0.15, 0.2) is 0 Å². The number of aliphatic hydroxyl groups excluding tert-OH is 2. The molecule has 0 aromatic carbocycles. The van der Waals surface area contributed by atoms with Crippen LogP contribution in [0, 0.1) is 0 Å². The number of carbonyl (C=O) groups excluding carboxylic acids is 2. The number of esters is 1. The molecule has 0 aromatic rings. The summed E-state index contributed by atoms with van der Waals surface area (Å²) in [5, 5.41) is 23.2. The number of amides is 1. The highest BCUT2D eigenvalue weighted by Gasteiger charge is 2.18. The molecule has 0 rings (SSSR count). The lowest BCUT2D eigenvalue weighted by molar-refractivity contribution is -0.143. The van der Waals surface area contributed by atoms with Crippen LogP contribution in [0.15, 0.2) is 12.2 Å². The van der Waals surface area contributed by atoms with Gasteiger partial charge in [-0.15, -0.1) is 0 Å². The molecule has 6 heteroatoms. The Labute approximate surface area is 463 Å². The maximum Gasteiger partial charge on any atom is 0.305 e. The Hall–Kier alpha value is -1.40. The predicted molar refractivity (Wildman–Crippen MR) is 324 cm³/mol. The lowest BCUT2D eigenvalue weighted by Gasteiger charge is -2.20. The summed E-state index contributed by atoms with van der Waals surface area (Å²) in [6.45, 7) is 4.93. The van der Waals surface area contributed by atoms with Crippen molar-refractivity contribution in [1.82, 2.24) is 5.32 Å². The third-order valence-corrected chi connectivity index (χ3v) is 16.1. The number of carbonyl (C=O) groups is 2. The maximum absolute atomic E-state index is 12.5. The third-order valence-electron chi connectivity index (χ3n) is 16.1. The van der Waals surface area contributed by atoms with E-state index in [0.717, 1.165) is 38.5 Å². The van der Waals surface area contributed by atoms with Crippen LogP contribution < -0.4 is 5.32 Å². The molecule has 74 heavy (non-hydrogen) atoms. The second-order valence-electron chi connectivity index (χ2n) is 23.5. The zero-order valence-electron chi connectivity index (χ0n) is 50.4. The molecule has 1 amide bonds. The van der Waals surface area contributed by atoms with Gasteiger partial charge < -0.3 is 20.3 Å². The van der Waals surface area contributed by atoms with Gasteiger partial charge in [0.2, 0.25) is 5.91 Å². The standard InChI is InChI=1S/C68H133NO5/c1-3-5-7-9-11-13-15-16-34-37-41-44-48-52-56-60-66(71)65(64-70)69-67(72)61-57-53-49-45-42-38-35-32-30-28-26-24-22-20-18-17-19-21-23-25-27-29-31-33-36-39-43-47-51-55-59-63-74-68(73)62-58-54-50-46-40-14-12-10-8-6-4-2/h56,60,65-66,70-71H,3-55,57-59,61-64H2,1-2H3,(H,69,72)/b60-56+. The van der Waals surface area contributed by atoms with Gasteiger partial charge in [-0.05, 0) is 32.1 Å². The zero-order chi connectivity index (χ0) is 53.6. The topological polar surface area (TPSA) is 95.9 Å². The van der Waals surface area contributed by atoms with Gasteiger partial charge in [-0.3, -0.25) is 9.59 Å². The molecule has 0 aliphatic rings. The monoisotopic (exact) mass is 1040 g/mol. The summed E-state index contributed by atoms with van der Waals surface area (Å²) in [5.41, 5.74) is 0. The van der Waals surface area contributed by atoms with E-state index < -0.39 is 12.1 Å². The second kappa shape index (κ2) is 64.1. The molecule has 0 heterocycles. The van der Waals surface area contributed by atoms with Gasteiger partial charge in [0.1, 0.15) is 0 Å². The Morgan fingerprint density at radius 3 is 0.919 bits per heavy atom. The molecule has 0 saturated heterocycles. The largest absolute Gasteiger partial charge is 0.466 e. The minimum atomic E-state index is -0.840. The molecule has 0 saturated carbocycles. The highest BCUT2D eigenvalue weighted by molar-refractivity contribution is 5.76. The SMILES string of the molecule is CCCCCCCCCCCCCCC/C=C/C(O)C(CO)NC(=O)CCCCCCCCCCCCCCCCCCCCCCCCCCCCCCCCCOC(=O)CCCCCCCCCCCCC. The minimum Gasteiger partial charge on any atom is -0.466 e. The molecule has 0 aromatic heterocycles. The van der Waals surface area contributed by atoms with Crippen molar-refractivity contribution in [3.05, 3.63) is 12.2 Å². The fourth-order valence-corrected chi connectivity index (χ4v) is 10.9. The van der Waals surface area contributed by atoms with E-state index in [1.165, 1.54) is 321 Å². The van der Waals surface area contributed by atoms with Crippen molar-refractivity contribution in [3.63, 3.8) is 0 Å². The van der Waals surface area contributed by atoms with Crippen molar-refractivity contribution >= 4 is 11.9 Å². The van der Waals surface area contributed by atoms with Crippen LogP contribution in [0.3, 0.4) is 0 Å². The van der Waals surface area contributed by atoms with E-state index in [1.807, 2.05) is 6.08 Å². The number of aliphatic hydroxyl groups is 2. The Morgan fingerprint density at radius 1 is 0.365 bits per heavy atom. The summed E-state index contributed by atoms with van der Waals surface area (Å²) < 4.78 is 5.48. The summed E-state index contributed by atoms with van der Waals surface area (Å²) in [5.74, 6) is -0.0403. The Balaban J connectivity index is 3.33. The summed E-state index contributed by atoms with van der Waals surface area (Å²) in [7, 11) is 0. The normalized spacial score (nSPS) is 12.5. The number of hydrogen-bond acceptors (Lipinski definition) is 5. The molecule has 0 aliphatic carbocycles.